The molecule has 1 aliphatic carbocycles. The molecule has 0 spiro atoms. The zero-order valence-electron chi connectivity index (χ0n) is 16.3. The average molecular weight is 371 g/mol. The largest absolute Gasteiger partial charge is 0.339 e. The maximum Gasteiger partial charge on any atom is 0.229 e. The van der Waals surface area contributed by atoms with Gasteiger partial charge in [-0.3, -0.25) is 14.4 Å². The Morgan fingerprint density at radius 2 is 1.81 bits per heavy atom. The SMILES string of the molecule is CC(=O)Nc1cccc(NC(=O)C2CC(=O)N(C3CCCC(C)C3C)C2)c1. The number of hydrogen-bond acceptors (Lipinski definition) is 3. The predicted molar refractivity (Wildman–Crippen MR) is 105 cm³/mol. The summed E-state index contributed by atoms with van der Waals surface area (Å²) < 4.78 is 0. The molecule has 27 heavy (non-hydrogen) atoms. The van der Waals surface area contributed by atoms with Crippen molar-refractivity contribution in [2.45, 2.75) is 52.5 Å². The first-order chi connectivity index (χ1) is 12.8. The van der Waals surface area contributed by atoms with Crippen LogP contribution in [0.5, 0.6) is 0 Å². The third-order valence-electron chi connectivity index (χ3n) is 6.04. The molecule has 3 amide bonds. The Morgan fingerprint density at radius 1 is 1.11 bits per heavy atom. The fourth-order valence-corrected chi connectivity index (χ4v) is 4.34. The van der Waals surface area contributed by atoms with Crippen molar-refractivity contribution in [3.63, 3.8) is 0 Å². The monoisotopic (exact) mass is 371 g/mol. The van der Waals surface area contributed by atoms with E-state index in [1.165, 1.54) is 13.3 Å². The van der Waals surface area contributed by atoms with Crippen LogP contribution in [0.15, 0.2) is 24.3 Å². The lowest BCUT2D eigenvalue weighted by Crippen LogP contribution is -2.45. The molecule has 4 atom stereocenters. The van der Waals surface area contributed by atoms with Crippen molar-refractivity contribution in [1.29, 1.82) is 0 Å². The molecule has 1 aliphatic heterocycles. The fourth-order valence-electron chi connectivity index (χ4n) is 4.34. The standard InChI is InChI=1S/C21H29N3O3/c1-13-6-4-9-19(14(13)2)24-12-16(10-20(24)26)21(27)23-18-8-5-7-17(11-18)22-15(3)25/h5,7-8,11,13-14,16,19H,4,6,9-10,12H2,1-3H3,(H,22,25)(H,23,27). The number of nitrogens with zero attached hydrogens (tertiary/aromatic N) is 1. The van der Waals surface area contributed by atoms with Crippen LogP contribution in [0.1, 0.15) is 46.5 Å². The van der Waals surface area contributed by atoms with Crippen molar-refractivity contribution >= 4 is 29.1 Å². The van der Waals surface area contributed by atoms with Gasteiger partial charge in [-0.25, -0.2) is 0 Å². The van der Waals surface area contributed by atoms with Gasteiger partial charge in [0.05, 0.1) is 5.92 Å². The zero-order chi connectivity index (χ0) is 19.6. The van der Waals surface area contributed by atoms with Crippen LogP contribution in [-0.4, -0.2) is 35.2 Å². The van der Waals surface area contributed by atoms with Crippen molar-refractivity contribution in [2.24, 2.45) is 17.8 Å². The van der Waals surface area contributed by atoms with Crippen molar-refractivity contribution in [3.05, 3.63) is 24.3 Å². The molecular formula is C21H29N3O3. The smallest absolute Gasteiger partial charge is 0.229 e. The van der Waals surface area contributed by atoms with Gasteiger partial charge in [-0.1, -0.05) is 32.8 Å². The molecular weight excluding hydrogens is 342 g/mol. The molecule has 1 heterocycles. The number of carbonyl (C=O) groups is 3. The number of likely N-dealkylation sites (tertiary alicyclic amines) is 1. The highest BCUT2D eigenvalue weighted by atomic mass is 16.2. The molecule has 1 saturated carbocycles. The molecule has 1 aromatic carbocycles. The Hall–Kier alpha value is -2.37. The summed E-state index contributed by atoms with van der Waals surface area (Å²) in [5, 5.41) is 5.59. The third kappa shape index (κ3) is 4.49. The summed E-state index contributed by atoms with van der Waals surface area (Å²) in [5.74, 6) is 0.549. The molecule has 2 N–H and O–H groups in total. The molecule has 0 aromatic heterocycles. The molecule has 6 nitrogen and oxygen atoms in total. The van der Waals surface area contributed by atoms with Gasteiger partial charge in [-0.2, -0.15) is 0 Å². The summed E-state index contributed by atoms with van der Waals surface area (Å²) in [5.41, 5.74) is 1.26. The summed E-state index contributed by atoms with van der Waals surface area (Å²) >= 11 is 0. The van der Waals surface area contributed by atoms with Gasteiger partial charge >= 0.3 is 0 Å². The predicted octanol–water partition coefficient (Wildman–Crippen LogP) is 3.26. The molecule has 146 valence electrons. The molecule has 2 aliphatic rings. The van der Waals surface area contributed by atoms with E-state index in [1.54, 1.807) is 24.3 Å². The number of hydrogen-bond donors (Lipinski definition) is 2. The molecule has 2 fully saturated rings. The first-order valence-corrected chi connectivity index (χ1v) is 9.83. The van der Waals surface area contributed by atoms with Crippen LogP contribution in [-0.2, 0) is 14.4 Å². The van der Waals surface area contributed by atoms with E-state index < -0.39 is 0 Å². The van der Waals surface area contributed by atoms with Gasteiger partial charge in [0.1, 0.15) is 0 Å². The second kappa shape index (κ2) is 8.11. The van der Waals surface area contributed by atoms with E-state index in [0.717, 1.165) is 12.8 Å². The summed E-state index contributed by atoms with van der Waals surface area (Å²) in [6.07, 6.45) is 3.67. The Morgan fingerprint density at radius 3 is 2.52 bits per heavy atom. The first-order valence-electron chi connectivity index (χ1n) is 9.83. The molecule has 3 rings (SSSR count). The van der Waals surface area contributed by atoms with Crippen LogP contribution in [0.25, 0.3) is 0 Å². The van der Waals surface area contributed by atoms with E-state index in [4.69, 9.17) is 0 Å². The molecule has 0 bridgehead atoms. The molecule has 6 heteroatoms. The Balaban J connectivity index is 1.63. The summed E-state index contributed by atoms with van der Waals surface area (Å²) in [4.78, 5) is 38.4. The fraction of sp³-hybridized carbons (Fsp3) is 0.571. The van der Waals surface area contributed by atoms with Gasteiger partial charge in [0.2, 0.25) is 17.7 Å². The molecule has 1 saturated heterocycles. The number of rotatable bonds is 4. The number of benzene rings is 1. The average Bonchev–Trinajstić information content (AvgIpc) is 2.99. The lowest BCUT2D eigenvalue weighted by Gasteiger charge is -2.40. The molecule has 4 unspecified atom stereocenters. The summed E-state index contributed by atoms with van der Waals surface area (Å²) in [7, 11) is 0. The van der Waals surface area contributed by atoms with Crippen molar-refractivity contribution in [2.75, 3.05) is 17.2 Å². The lowest BCUT2D eigenvalue weighted by atomic mass is 9.77. The Labute approximate surface area is 160 Å². The third-order valence-corrected chi connectivity index (χ3v) is 6.04. The van der Waals surface area contributed by atoms with Gasteiger partial charge in [-0.05, 0) is 36.5 Å². The number of amides is 3. The van der Waals surface area contributed by atoms with Crippen LogP contribution >= 0.6 is 0 Å². The summed E-state index contributed by atoms with van der Waals surface area (Å²) in [6, 6.07) is 7.30. The number of carbonyl (C=O) groups excluding carboxylic acids is 3. The Kier molecular flexibility index (Phi) is 5.82. The highest BCUT2D eigenvalue weighted by molar-refractivity contribution is 5.98. The van der Waals surface area contributed by atoms with E-state index >= 15 is 0 Å². The zero-order valence-corrected chi connectivity index (χ0v) is 16.3. The van der Waals surface area contributed by atoms with Crippen molar-refractivity contribution in [1.82, 2.24) is 4.90 Å². The highest BCUT2D eigenvalue weighted by Crippen LogP contribution is 2.36. The van der Waals surface area contributed by atoms with E-state index in [-0.39, 0.29) is 36.1 Å². The lowest BCUT2D eigenvalue weighted by molar-refractivity contribution is -0.131. The first kappa shape index (κ1) is 19.4. The maximum atomic E-state index is 12.7. The minimum absolute atomic E-state index is 0.0908. The number of anilines is 2. The van der Waals surface area contributed by atoms with Gasteiger partial charge in [0, 0.05) is 37.3 Å². The van der Waals surface area contributed by atoms with Gasteiger partial charge in [0.15, 0.2) is 0 Å². The second-order valence-corrected chi connectivity index (χ2v) is 8.03. The van der Waals surface area contributed by atoms with Crippen LogP contribution in [0.4, 0.5) is 11.4 Å². The molecule has 1 aromatic rings. The quantitative estimate of drug-likeness (QED) is 0.853. The van der Waals surface area contributed by atoms with E-state index in [1.807, 2.05) is 4.90 Å². The van der Waals surface area contributed by atoms with Crippen molar-refractivity contribution in [3.8, 4) is 0 Å². The van der Waals surface area contributed by atoms with Crippen LogP contribution in [0.2, 0.25) is 0 Å². The van der Waals surface area contributed by atoms with Crippen LogP contribution in [0.3, 0.4) is 0 Å². The topological polar surface area (TPSA) is 78.5 Å². The van der Waals surface area contributed by atoms with Crippen molar-refractivity contribution < 1.29 is 14.4 Å². The normalized spacial score (nSPS) is 28.1. The van der Waals surface area contributed by atoms with Crippen LogP contribution in [0, 0.1) is 17.8 Å². The van der Waals surface area contributed by atoms with Gasteiger partial charge in [-0.15, -0.1) is 0 Å². The Bertz CT molecular complexity index is 733. The minimum atomic E-state index is -0.327. The minimum Gasteiger partial charge on any atom is -0.339 e. The van der Waals surface area contributed by atoms with Crippen LogP contribution < -0.4 is 10.6 Å². The maximum absolute atomic E-state index is 12.7. The second-order valence-electron chi connectivity index (χ2n) is 8.03. The van der Waals surface area contributed by atoms with Gasteiger partial charge < -0.3 is 15.5 Å². The van der Waals surface area contributed by atoms with E-state index in [9.17, 15) is 14.4 Å². The highest BCUT2D eigenvalue weighted by Gasteiger charge is 2.41. The number of nitrogens with one attached hydrogen (secondary N) is 2. The molecule has 0 radical (unpaired) electrons. The van der Waals surface area contributed by atoms with E-state index in [2.05, 4.69) is 24.5 Å². The summed E-state index contributed by atoms with van der Waals surface area (Å²) in [6.45, 7) is 6.42. The van der Waals surface area contributed by atoms with E-state index in [0.29, 0.717) is 29.8 Å². The van der Waals surface area contributed by atoms with Gasteiger partial charge in [0.25, 0.3) is 0 Å².